The van der Waals surface area contributed by atoms with Crippen LogP contribution in [0.2, 0.25) is 0 Å². The summed E-state index contributed by atoms with van der Waals surface area (Å²) in [6.45, 7) is 0. The maximum Gasteiger partial charge on any atom is 0.336 e. The lowest BCUT2D eigenvalue weighted by atomic mass is 10.2. The maximum atomic E-state index is 12.2. The Bertz CT molecular complexity index is 1070. The Morgan fingerprint density at radius 3 is 2.43 bits per heavy atom. The van der Waals surface area contributed by atoms with E-state index in [1.807, 2.05) is 24.3 Å². The number of aliphatic imine (C=N–C) groups is 1. The van der Waals surface area contributed by atoms with Gasteiger partial charge in [-0.2, -0.15) is 0 Å². The van der Waals surface area contributed by atoms with Crippen molar-refractivity contribution in [1.29, 1.82) is 0 Å². The van der Waals surface area contributed by atoms with E-state index in [0.717, 1.165) is 11.1 Å². The minimum Gasteiger partial charge on any atom is -0.508 e. The summed E-state index contributed by atoms with van der Waals surface area (Å²) in [7, 11) is 3.09. The van der Waals surface area contributed by atoms with Crippen LogP contribution in [0.5, 0.6) is 23.0 Å². The van der Waals surface area contributed by atoms with Gasteiger partial charge in [0, 0.05) is 12.3 Å². The third-order valence-electron chi connectivity index (χ3n) is 4.12. The number of aromatic hydroxyl groups is 1. The van der Waals surface area contributed by atoms with Gasteiger partial charge in [-0.05, 0) is 71.8 Å². The van der Waals surface area contributed by atoms with Crippen molar-refractivity contribution in [3.63, 3.8) is 0 Å². The van der Waals surface area contributed by atoms with Crippen molar-refractivity contribution in [2.75, 3.05) is 14.2 Å². The minimum absolute atomic E-state index is 0.183. The number of carbonyl (C=O) groups is 1. The zero-order valence-electron chi connectivity index (χ0n) is 16.6. The molecule has 0 fully saturated rings. The second kappa shape index (κ2) is 9.93. The molecule has 3 aromatic carbocycles. The van der Waals surface area contributed by atoms with Gasteiger partial charge in [0.1, 0.15) is 11.5 Å². The molecular formula is C24H21NO5. The van der Waals surface area contributed by atoms with Crippen molar-refractivity contribution in [2.24, 2.45) is 4.99 Å². The molecule has 6 nitrogen and oxygen atoms in total. The first kappa shape index (κ1) is 20.7. The Hall–Kier alpha value is -4.06. The number of esters is 1. The molecule has 6 heteroatoms. The van der Waals surface area contributed by atoms with Gasteiger partial charge in [-0.1, -0.05) is 12.1 Å². The molecule has 0 bridgehead atoms. The minimum atomic E-state index is -0.526. The van der Waals surface area contributed by atoms with Crippen molar-refractivity contribution in [1.82, 2.24) is 0 Å². The summed E-state index contributed by atoms with van der Waals surface area (Å²) in [5, 5.41) is 9.32. The quantitative estimate of drug-likeness (QED) is 0.266. The van der Waals surface area contributed by atoms with Gasteiger partial charge >= 0.3 is 5.97 Å². The molecule has 0 aliphatic carbocycles. The molecule has 0 unspecified atom stereocenters. The van der Waals surface area contributed by atoms with Gasteiger partial charge in [0.15, 0.2) is 11.5 Å². The van der Waals surface area contributed by atoms with E-state index in [9.17, 15) is 9.90 Å². The van der Waals surface area contributed by atoms with Crippen LogP contribution in [0.1, 0.15) is 11.1 Å². The summed E-state index contributed by atoms with van der Waals surface area (Å²) >= 11 is 0. The van der Waals surface area contributed by atoms with Gasteiger partial charge in [-0.25, -0.2) is 4.79 Å². The molecule has 0 atom stereocenters. The van der Waals surface area contributed by atoms with Crippen LogP contribution in [0.15, 0.2) is 77.8 Å². The van der Waals surface area contributed by atoms with E-state index in [1.165, 1.54) is 13.2 Å². The molecule has 3 rings (SSSR count). The van der Waals surface area contributed by atoms with Gasteiger partial charge in [0.05, 0.1) is 19.9 Å². The highest BCUT2D eigenvalue weighted by atomic mass is 16.6. The highest BCUT2D eigenvalue weighted by molar-refractivity contribution is 5.89. The number of phenolic OH excluding ortho intramolecular Hbond substituents is 1. The third kappa shape index (κ3) is 5.72. The van der Waals surface area contributed by atoms with E-state index in [1.54, 1.807) is 61.9 Å². The fourth-order valence-corrected chi connectivity index (χ4v) is 2.59. The fraction of sp³-hybridized carbons (Fsp3) is 0.0833. The summed E-state index contributed by atoms with van der Waals surface area (Å²) < 4.78 is 15.9. The van der Waals surface area contributed by atoms with Crippen molar-refractivity contribution in [3.05, 3.63) is 83.9 Å². The van der Waals surface area contributed by atoms with Gasteiger partial charge in [-0.3, -0.25) is 4.99 Å². The molecule has 0 saturated carbocycles. The number of benzene rings is 3. The molecule has 0 aromatic heterocycles. The summed E-state index contributed by atoms with van der Waals surface area (Å²) in [5.41, 5.74) is 2.29. The first-order valence-electron chi connectivity index (χ1n) is 9.12. The van der Waals surface area contributed by atoms with Crippen LogP contribution >= 0.6 is 0 Å². The van der Waals surface area contributed by atoms with Crippen LogP contribution in [0.4, 0.5) is 5.69 Å². The standard InChI is InChI=1S/C24H21NO5/c1-28-21-5-3-4-17(14-21)7-13-24(27)30-22-12-6-18(15-23(22)29-2)16-25-19-8-10-20(26)11-9-19/h3-16,26H,1-2H3. The number of ether oxygens (including phenoxy) is 3. The molecule has 0 radical (unpaired) electrons. The topological polar surface area (TPSA) is 77.4 Å². The predicted octanol–water partition coefficient (Wildman–Crippen LogP) is 4.78. The van der Waals surface area contributed by atoms with Crippen molar-refractivity contribution in [3.8, 4) is 23.0 Å². The summed E-state index contributed by atoms with van der Waals surface area (Å²) in [5.74, 6) is 1.08. The van der Waals surface area contributed by atoms with Crippen LogP contribution < -0.4 is 14.2 Å². The zero-order chi connectivity index (χ0) is 21.3. The van der Waals surface area contributed by atoms with Crippen molar-refractivity contribution < 1.29 is 24.1 Å². The molecule has 152 valence electrons. The lowest BCUT2D eigenvalue weighted by molar-refractivity contribution is -0.129. The molecule has 0 spiro atoms. The maximum absolute atomic E-state index is 12.2. The SMILES string of the molecule is COc1cccc(C=CC(=O)Oc2ccc(C=Nc3ccc(O)cc3)cc2OC)c1. The molecule has 30 heavy (non-hydrogen) atoms. The lowest BCUT2D eigenvalue weighted by Crippen LogP contribution is -2.05. The molecule has 0 aliphatic rings. The lowest BCUT2D eigenvalue weighted by Gasteiger charge is -2.08. The average molecular weight is 403 g/mol. The Kier molecular flexibility index (Phi) is 6.84. The number of hydrogen-bond acceptors (Lipinski definition) is 6. The first-order valence-corrected chi connectivity index (χ1v) is 9.12. The van der Waals surface area contributed by atoms with Gasteiger partial charge in [-0.15, -0.1) is 0 Å². The number of nitrogens with zero attached hydrogens (tertiary/aromatic N) is 1. The predicted molar refractivity (Wildman–Crippen MR) is 116 cm³/mol. The number of methoxy groups -OCH3 is 2. The Morgan fingerprint density at radius 1 is 0.900 bits per heavy atom. The highest BCUT2D eigenvalue weighted by Crippen LogP contribution is 2.28. The third-order valence-corrected chi connectivity index (χ3v) is 4.12. The van der Waals surface area contributed by atoms with E-state index in [-0.39, 0.29) is 5.75 Å². The van der Waals surface area contributed by atoms with Gasteiger partial charge in [0.25, 0.3) is 0 Å². The van der Waals surface area contributed by atoms with Gasteiger partial charge in [0.2, 0.25) is 0 Å². The van der Waals surface area contributed by atoms with Crippen LogP contribution in [0.3, 0.4) is 0 Å². The normalized spacial score (nSPS) is 11.0. The number of phenols is 1. The summed E-state index contributed by atoms with van der Waals surface area (Å²) in [6.07, 6.45) is 4.65. The van der Waals surface area contributed by atoms with Crippen molar-refractivity contribution >= 4 is 23.9 Å². The fourth-order valence-electron chi connectivity index (χ4n) is 2.59. The monoisotopic (exact) mass is 403 g/mol. The molecule has 0 saturated heterocycles. The summed E-state index contributed by atoms with van der Waals surface area (Å²) in [6, 6.07) is 19.0. The smallest absolute Gasteiger partial charge is 0.336 e. The molecule has 0 amide bonds. The highest BCUT2D eigenvalue weighted by Gasteiger charge is 2.09. The average Bonchev–Trinajstić information content (AvgIpc) is 2.78. The van der Waals surface area contributed by atoms with Crippen molar-refractivity contribution in [2.45, 2.75) is 0 Å². The molecule has 0 heterocycles. The van der Waals surface area contributed by atoms with Crippen LogP contribution in [-0.4, -0.2) is 31.5 Å². The van der Waals surface area contributed by atoms with E-state index in [4.69, 9.17) is 14.2 Å². The van der Waals surface area contributed by atoms with Crippen LogP contribution in [0, 0.1) is 0 Å². The molecular weight excluding hydrogens is 382 g/mol. The molecule has 3 aromatic rings. The second-order valence-corrected chi connectivity index (χ2v) is 6.22. The van der Waals surface area contributed by atoms with Crippen LogP contribution in [-0.2, 0) is 4.79 Å². The summed E-state index contributed by atoms with van der Waals surface area (Å²) in [4.78, 5) is 16.5. The number of rotatable bonds is 7. The zero-order valence-corrected chi connectivity index (χ0v) is 16.6. The Balaban J connectivity index is 1.69. The van der Waals surface area contributed by atoms with E-state index >= 15 is 0 Å². The van der Waals surface area contributed by atoms with Gasteiger partial charge < -0.3 is 19.3 Å². The Labute approximate surface area is 174 Å². The second-order valence-electron chi connectivity index (χ2n) is 6.22. The Morgan fingerprint density at radius 2 is 1.70 bits per heavy atom. The largest absolute Gasteiger partial charge is 0.508 e. The molecule has 0 aliphatic heterocycles. The number of carbonyl (C=O) groups excluding carboxylic acids is 1. The van der Waals surface area contributed by atoms with Crippen LogP contribution in [0.25, 0.3) is 6.08 Å². The first-order chi connectivity index (χ1) is 14.6. The number of hydrogen-bond donors (Lipinski definition) is 1. The van der Waals surface area contributed by atoms with E-state index in [0.29, 0.717) is 22.9 Å². The van der Waals surface area contributed by atoms with E-state index in [2.05, 4.69) is 4.99 Å². The van der Waals surface area contributed by atoms with E-state index < -0.39 is 5.97 Å². The molecule has 1 N–H and O–H groups in total.